The summed E-state index contributed by atoms with van der Waals surface area (Å²) in [6.07, 6.45) is 1.49. The topological polar surface area (TPSA) is 64.2 Å². The molecule has 0 atom stereocenters. The summed E-state index contributed by atoms with van der Waals surface area (Å²) in [6.45, 7) is 0. The quantitative estimate of drug-likeness (QED) is 0.794. The van der Waals surface area contributed by atoms with E-state index in [0.29, 0.717) is 17.0 Å². The summed E-state index contributed by atoms with van der Waals surface area (Å²) in [5.74, 6) is 1.22. The molecule has 0 saturated carbocycles. The van der Waals surface area contributed by atoms with Gasteiger partial charge < -0.3 is 14.5 Å². The van der Waals surface area contributed by atoms with Crippen LogP contribution in [0.25, 0.3) is 10.9 Å². The van der Waals surface area contributed by atoms with E-state index in [1.807, 2.05) is 0 Å². The van der Waals surface area contributed by atoms with Crippen LogP contribution in [0, 0.1) is 0 Å². The molecule has 0 saturated heterocycles. The number of nitrogens with one attached hydrogen (secondary N) is 1. The van der Waals surface area contributed by atoms with E-state index in [-0.39, 0.29) is 0 Å². The fourth-order valence-corrected chi connectivity index (χ4v) is 1.39. The molecule has 15 heavy (non-hydrogen) atoms. The van der Waals surface area contributed by atoms with Crippen molar-refractivity contribution in [3.8, 4) is 11.5 Å². The normalized spacial score (nSPS) is 10.3. The van der Waals surface area contributed by atoms with Gasteiger partial charge in [0.1, 0.15) is 11.5 Å². The van der Waals surface area contributed by atoms with Gasteiger partial charge in [-0.3, -0.25) is 0 Å². The third-order valence-electron chi connectivity index (χ3n) is 2.11. The molecule has 0 unspecified atom stereocenters. The summed E-state index contributed by atoms with van der Waals surface area (Å²) < 4.78 is 10.2. The van der Waals surface area contributed by atoms with Crippen LogP contribution >= 0.6 is 0 Å². The Hall–Kier alpha value is -2.04. The lowest BCUT2D eigenvalue weighted by atomic mass is 10.2. The number of methoxy groups -OCH3 is 2. The maximum atomic E-state index is 11.1. The second-order valence-corrected chi connectivity index (χ2v) is 2.98. The molecule has 0 aliphatic carbocycles. The molecular weight excluding hydrogens is 196 g/mol. The molecule has 0 radical (unpaired) electrons. The van der Waals surface area contributed by atoms with Crippen molar-refractivity contribution in [1.29, 1.82) is 0 Å². The van der Waals surface area contributed by atoms with E-state index in [9.17, 15) is 4.79 Å². The molecule has 0 amide bonds. The third-order valence-corrected chi connectivity index (χ3v) is 2.11. The summed E-state index contributed by atoms with van der Waals surface area (Å²) in [5.41, 5.74) is 0.226. The SMILES string of the molecule is COc1cc(OC)c2[nH]c(=O)ncc2c1. The average Bonchev–Trinajstić information content (AvgIpc) is 2.27. The lowest BCUT2D eigenvalue weighted by Crippen LogP contribution is -2.09. The average molecular weight is 206 g/mol. The van der Waals surface area contributed by atoms with Gasteiger partial charge in [-0.1, -0.05) is 0 Å². The maximum Gasteiger partial charge on any atom is 0.345 e. The van der Waals surface area contributed by atoms with Gasteiger partial charge in [-0.25, -0.2) is 9.78 Å². The molecule has 1 aromatic carbocycles. The van der Waals surface area contributed by atoms with E-state index in [1.54, 1.807) is 19.2 Å². The number of rotatable bonds is 2. The summed E-state index contributed by atoms with van der Waals surface area (Å²) in [6, 6.07) is 3.49. The number of aromatic amines is 1. The van der Waals surface area contributed by atoms with Crippen LogP contribution in [0.2, 0.25) is 0 Å². The number of fused-ring (bicyclic) bond motifs is 1. The summed E-state index contributed by atoms with van der Waals surface area (Å²) in [4.78, 5) is 17.3. The Balaban J connectivity index is 2.80. The van der Waals surface area contributed by atoms with Crippen LogP contribution in [0.15, 0.2) is 23.1 Å². The number of hydrogen-bond acceptors (Lipinski definition) is 4. The van der Waals surface area contributed by atoms with Crippen LogP contribution in [-0.2, 0) is 0 Å². The first-order valence-electron chi connectivity index (χ1n) is 4.35. The van der Waals surface area contributed by atoms with Crippen molar-refractivity contribution in [2.75, 3.05) is 14.2 Å². The molecule has 2 rings (SSSR count). The zero-order valence-corrected chi connectivity index (χ0v) is 8.40. The minimum absolute atomic E-state index is 0.397. The van der Waals surface area contributed by atoms with Crippen LogP contribution in [0.5, 0.6) is 11.5 Å². The molecule has 0 aliphatic rings. The van der Waals surface area contributed by atoms with Gasteiger partial charge in [0.2, 0.25) is 0 Å². The van der Waals surface area contributed by atoms with E-state index in [1.165, 1.54) is 13.3 Å². The second kappa shape index (κ2) is 3.61. The van der Waals surface area contributed by atoms with Crippen molar-refractivity contribution < 1.29 is 9.47 Å². The molecule has 78 valence electrons. The fourth-order valence-electron chi connectivity index (χ4n) is 1.39. The van der Waals surface area contributed by atoms with E-state index in [2.05, 4.69) is 9.97 Å². The van der Waals surface area contributed by atoms with Gasteiger partial charge >= 0.3 is 5.69 Å². The Morgan fingerprint density at radius 1 is 1.27 bits per heavy atom. The molecule has 0 aliphatic heterocycles. The van der Waals surface area contributed by atoms with Gasteiger partial charge in [-0.2, -0.15) is 0 Å². The number of nitrogens with zero attached hydrogens (tertiary/aromatic N) is 1. The predicted octanol–water partition coefficient (Wildman–Crippen LogP) is 0.940. The van der Waals surface area contributed by atoms with Crippen molar-refractivity contribution in [3.05, 3.63) is 28.8 Å². The molecule has 1 N–H and O–H groups in total. The van der Waals surface area contributed by atoms with Gasteiger partial charge in [-0.05, 0) is 6.07 Å². The molecule has 0 bridgehead atoms. The maximum absolute atomic E-state index is 11.1. The lowest BCUT2D eigenvalue weighted by Gasteiger charge is -2.07. The molecule has 5 heteroatoms. The molecule has 0 spiro atoms. The van der Waals surface area contributed by atoms with Crippen molar-refractivity contribution in [3.63, 3.8) is 0 Å². The zero-order valence-electron chi connectivity index (χ0n) is 8.40. The molecular formula is C10H10N2O3. The Labute approximate surface area is 85.7 Å². The van der Waals surface area contributed by atoms with E-state index in [0.717, 1.165) is 5.39 Å². The minimum Gasteiger partial charge on any atom is -0.497 e. The highest BCUT2D eigenvalue weighted by Gasteiger charge is 2.05. The smallest absolute Gasteiger partial charge is 0.345 e. The molecule has 0 fully saturated rings. The molecule has 2 aromatic rings. The first-order chi connectivity index (χ1) is 7.24. The van der Waals surface area contributed by atoms with Crippen LogP contribution < -0.4 is 15.2 Å². The number of hydrogen-bond donors (Lipinski definition) is 1. The van der Waals surface area contributed by atoms with Gasteiger partial charge in [0.15, 0.2) is 0 Å². The number of ether oxygens (including phenoxy) is 2. The van der Waals surface area contributed by atoms with E-state index >= 15 is 0 Å². The van der Waals surface area contributed by atoms with Crippen LogP contribution in [0.1, 0.15) is 0 Å². The highest BCUT2D eigenvalue weighted by atomic mass is 16.5. The number of benzene rings is 1. The van der Waals surface area contributed by atoms with Crippen LogP contribution in [-0.4, -0.2) is 24.2 Å². The monoisotopic (exact) mass is 206 g/mol. The highest BCUT2D eigenvalue weighted by Crippen LogP contribution is 2.27. The largest absolute Gasteiger partial charge is 0.497 e. The summed E-state index contributed by atoms with van der Waals surface area (Å²) >= 11 is 0. The van der Waals surface area contributed by atoms with Crippen LogP contribution in [0.3, 0.4) is 0 Å². The number of aromatic nitrogens is 2. The Morgan fingerprint density at radius 3 is 2.73 bits per heavy atom. The third kappa shape index (κ3) is 1.63. The van der Waals surface area contributed by atoms with Gasteiger partial charge in [0, 0.05) is 17.6 Å². The van der Waals surface area contributed by atoms with E-state index < -0.39 is 5.69 Å². The zero-order chi connectivity index (χ0) is 10.8. The van der Waals surface area contributed by atoms with Crippen molar-refractivity contribution in [1.82, 2.24) is 9.97 Å². The summed E-state index contributed by atoms with van der Waals surface area (Å²) in [7, 11) is 3.10. The lowest BCUT2D eigenvalue weighted by molar-refractivity contribution is 0.397. The number of H-pyrrole nitrogens is 1. The Bertz CT molecular complexity index is 548. The predicted molar refractivity (Wildman–Crippen MR) is 55.5 cm³/mol. The first kappa shape index (κ1) is 9.51. The Morgan fingerprint density at radius 2 is 2.07 bits per heavy atom. The second-order valence-electron chi connectivity index (χ2n) is 2.98. The van der Waals surface area contributed by atoms with Crippen molar-refractivity contribution in [2.45, 2.75) is 0 Å². The van der Waals surface area contributed by atoms with E-state index in [4.69, 9.17) is 9.47 Å². The molecule has 1 aromatic heterocycles. The van der Waals surface area contributed by atoms with Gasteiger partial charge in [0.05, 0.1) is 19.7 Å². The van der Waals surface area contributed by atoms with Gasteiger partial charge in [-0.15, -0.1) is 0 Å². The standard InChI is InChI=1S/C10H10N2O3/c1-14-7-3-6-5-11-10(13)12-9(6)8(4-7)15-2/h3-5H,1-2H3,(H,11,12,13). The van der Waals surface area contributed by atoms with Crippen molar-refractivity contribution >= 4 is 10.9 Å². The van der Waals surface area contributed by atoms with Crippen molar-refractivity contribution in [2.24, 2.45) is 0 Å². The van der Waals surface area contributed by atoms with Crippen LogP contribution in [0.4, 0.5) is 0 Å². The van der Waals surface area contributed by atoms with Gasteiger partial charge in [0.25, 0.3) is 0 Å². The highest BCUT2D eigenvalue weighted by molar-refractivity contribution is 5.85. The molecule has 5 nitrogen and oxygen atoms in total. The first-order valence-corrected chi connectivity index (χ1v) is 4.35. The Kier molecular flexibility index (Phi) is 2.29. The fraction of sp³-hybridized carbons (Fsp3) is 0.200. The molecule has 1 heterocycles. The minimum atomic E-state index is -0.397. The summed E-state index contributed by atoms with van der Waals surface area (Å²) in [5, 5.41) is 0.769.